The molecule has 2 N–H and O–H groups in total. The highest BCUT2D eigenvalue weighted by atomic mass is 127. The van der Waals surface area contributed by atoms with Crippen LogP contribution in [0.25, 0.3) is 0 Å². The van der Waals surface area contributed by atoms with Crippen LogP contribution in [-0.4, -0.2) is 41.5 Å². The van der Waals surface area contributed by atoms with Crippen molar-refractivity contribution in [1.29, 1.82) is 0 Å². The Kier molecular flexibility index (Phi) is 9.75. The molecule has 0 aliphatic carbocycles. The van der Waals surface area contributed by atoms with Crippen LogP contribution in [0.4, 0.5) is 8.78 Å². The summed E-state index contributed by atoms with van der Waals surface area (Å²) < 4.78 is 36.7. The van der Waals surface area contributed by atoms with Crippen LogP contribution >= 0.6 is 24.0 Å². The van der Waals surface area contributed by atoms with Crippen molar-refractivity contribution >= 4 is 29.9 Å². The number of nitrogens with one attached hydrogen (secondary N) is 2. The lowest BCUT2D eigenvalue weighted by Gasteiger charge is -2.15. The van der Waals surface area contributed by atoms with Crippen molar-refractivity contribution in [3.63, 3.8) is 0 Å². The highest BCUT2D eigenvalue weighted by Gasteiger charge is 2.12. The molecule has 0 radical (unpaired) electrons. The summed E-state index contributed by atoms with van der Waals surface area (Å²) in [5, 5.41) is 14.0. The van der Waals surface area contributed by atoms with Gasteiger partial charge in [0.2, 0.25) is 0 Å². The third kappa shape index (κ3) is 6.81. The van der Waals surface area contributed by atoms with Crippen LogP contribution in [-0.2, 0) is 19.6 Å². The topological polar surface area (TPSA) is 85.6 Å². The number of nitrogens with zero attached hydrogens (tertiary/aromatic N) is 4. The normalized spacial score (nSPS) is 11.1. The highest BCUT2D eigenvalue weighted by molar-refractivity contribution is 14.0. The molecule has 0 fully saturated rings. The fourth-order valence-electron chi connectivity index (χ4n) is 2.27. The Labute approximate surface area is 173 Å². The van der Waals surface area contributed by atoms with E-state index < -0.39 is 6.61 Å². The predicted molar refractivity (Wildman–Crippen MR) is 108 cm³/mol. The van der Waals surface area contributed by atoms with Crippen LogP contribution in [0.1, 0.15) is 18.3 Å². The molecule has 2 rings (SSSR count). The van der Waals surface area contributed by atoms with Crippen molar-refractivity contribution in [2.75, 3.05) is 14.2 Å². The van der Waals surface area contributed by atoms with Gasteiger partial charge in [-0.1, -0.05) is 0 Å². The van der Waals surface area contributed by atoms with Gasteiger partial charge in [-0.05, 0) is 25.1 Å². The fourth-order valence-corrected chi connectivity index (χ4v) is 2.27. The van der Waals surface area contributed by atoms with Gasteiger partial charge in [-0.2, -0.15) is 8.78 Å². The van der Waals surface area contributed by atoms with Crippen LogP contribution in [0.5, 0.6) is 11.5 Å². The van der Waals surface area contributed by atoms with Gasteiger partial charge < -0.3 is 24.7 Å². The molecule has 0 aliphatic rings. The van der Waals surface area contributed by atoms with Gasteiger partial charge in [0, 0.05) is 25.7 Å². The van der Waals surface area contributed by atoms with Gasteiger partial charge in [-0.15, -0.1) is 34.2 Å². The molecular formula is C16H23F2IN6O2. The van der Waals surface area contributed by atoms with Crippen LogP contribution in [0.15, 0.2) is 29.5 Å². The van der Waals surface area contributed by atoms with E-state index >= 15 is 0 Å². The predicted octanol–water partition coefficient (Wildman–Crippen LogP) is 2.39. The zero-order valence-corrected chi connectivity index (χ0v) is 17.6. The molecule has 0 saturated carbocycles. The molecule has 0 bridgehead atoms. The third-order valence-electron chi connectivity index (χ3n) is 3.60. The van der Waals surface area contributed by atoms with Gasteiger partial charge in [0.15, 0.2) is 11.8 Å². The minimum absolute atomic E-state index is 0. The molecule has 8 nitrogen and oxygen atoms in total. The zero-order chi connectivity index (χ0) is 18.9. The molecule has 1 heterocycles. The number of alkyl halides is 2. The van der Waals surface area contributed by atoms with E-state index in [2.05, 4.69) is 30.6 Å². The molecule has 0 atom stereocenters. The summed E-state index contributed by atoms with van der Waals surface area (Å²) in [5.41, 5.74) is 0.518. The molecule has 0 aliphatic heterocycles. The van der Waals surface area contributed by atoms with Crippen molar-refractivity contribution in [2.45, 2.75) is 33.2 Å². The van der Waals surface area contributed by atoms with E-state index in [1.165, 1.54) is 13.2 Å². The first-order chi connectivity index (χ1) is 12.6. The Morgan fingerprint density at radius 1 is 1.30 bits per heavy atom. The number of ether oxygens (including phenoxy) is 2. The van der Waals surface area contributed by atoms with Gasteiger partial charge in [0.05, 0.1) is 13.7 Å². The number of rotatable bonds is 8. The Hall–Kier alpha value is -2.18. The fraction of sp³-hybridized carbons (Fsp3) is 0.438. The quantitative estimate of drug-likeness (QED) is 0.332. The van der Waals surface area contributed by atoms with Crippen molar-refractivity contribution in [3.05, 3.63) is 35.9 Å². The molecule has 0 spiro atoms. The molecule has 2 aromatic rings. The smallest absolute Gasteiger partial charge is 0.387 e. The number of aliphatic imine (C=N–C) groups is 1. The molecule has 0 amide bonds. The van der Waals surface area contributed by atoms with Crippen molar-refractivity contribution < 1.29 is 18.3 Å². The molecule has 1 aromatic carbocycles. The summed E-state index contributed by atoms with van der Waals surface area (Å²) in [6, 6.07) is 4.64. The van der Waals surface area contributed by atoms with Crippen molar-refractivity contribution in [2.24, 2.45) is 4.99 Å². The molecule has 0 saturated heterocycles. The number of methoxy groups -OCH3 is 1. The number of benzene rings is 1. The van der Waals surface area contributed by atoms with Gasteiger partial charge in [0.1, 0.15) is 17.8 Å². The summed E-state index contributed by atoms with van der Waals surface area (Å²) in [6.45, 7) is 0.493. The minimum atomic E-state index is -2.90. The number of hydrogen-bond donors (Lipinski definition) is 2. The van der Waals surface area contributed by atoms with E-state index in [1.54, 1.807) is 25.5 Å². The lowest BCUT2D eigenvalue weighted by atomic mass is 10.2. The SMILES string of the molecule is CCn1cnnc1CNC(=NC)NCc1cc(OC)ccc1OC(F)F.I. The molecule has 11 heteroatoms. The first-order valence-electron chi connectivity index (χ1n) is 8.00. The largest absolute Gasteiger partial charge is 0.497 e. The van der Waals surface area contributed by atoms with Crippen LogP contribution in [0.2, 0.25) is 0 Å². The monoisotopic (exact) mass is 496 g/mol. The molecule has 150 valence electrons. The van der Waals surface area contributed by atoms with E-state index in [0.717, 1.165) is 12.4 Å². The maximum atomic E-state index is 12.6. The van der Waals surface area contributed by atoms with Crippen LogP contribution < -0.4 is 20.1 Å². The lowest BCUT2D eigenvalue weighted by Crippen LogP contribution is -2.37. The van der Waals surface area contributed by atoms with E-state index in [-0.39, 0.29) is 36.3 Å². The standard InChI is InChI=1S/C16H22F2N6O2.HI/c1-4-24-10-22-23-14(24)9-21-16(19-2)20-8-11-7-12(25-3)5-6-13(11)26-15(17)18;/h5-7,10,15H,4,8-9H2,1-3H3,(H2,19,20,21);1H. The number of guanidine groups is 1. The maximum absolute atomic E-state index is 12.6. The van der Waals surface area contributed by atoms with E-state index in [9.17, 15) is 8.78 Å². The Morgan fingerprint density at radius 3 is 2.67 bits per heavy atom. The second-order valence-electron chi connectivity index (χ2n) is 5.16. The summed E-state index contributed by atoms with van der Waals surface area (Å²) >= 11 is 0. The van der Waals surface area contributed by atoms with Gasteiger partial charge in [-0.3, -0.25) is 4.99 Å². The second-order valence-corrected chi connectivity index (χ2v) is 5.16. The highest BCUT2D eigenvalue weighted by Crippen LogP contribution is 2.25. The third-order valence-corrected chi connectivity index (χ3v) is 3.60. The molecular weight excluding hydrogens is 473 g/mol. The minimum Gasteiger partial charge on any atom is -0.497 e. The number of halogens is 3. The summed E-state index contributed by atoms with van der Waals surface area (Å²) in [7, 11) is 3.12. The Morgan fingerprint density at radius 2 is 2.04 bits per heavy atom. The molecule has 27 heavy (non-hydrogen) atoms. The molecule has 0 unspecified atom stereocenters. The summed E-state index contributed by atoms with van der Waals surface area (Å²) in [4.78, 5) is 4.11. The summed E-state index contributed by atoms with van der Waals surface area (Å²) in [5.74, 6) is 1.87. The van der Waals surface area contributed by atoms with Crippen LogP contribution in [0.3, 0.4) is 0 Å². The number of hydrogen-bond acceptors (Lipinski definition) is 5. The first kappa shape index (κ1) is 22.9. The average Bonchev–Trinajstić information content (AvgIpc) is 3.10. The van der Waals surface area contributed by atoms with Gasteiger partial charge in [-0.25, -0.2) is 0 Å². The van der Waals surface area contributed by atoms with Crippen LogP contribution in [0, 0.1) is 0 Å². The number of aryl methyl sites for hydroxylation is 1. The van der Waals surface area contributed by atoms with Gasteiger partial charge >= 0.3 is 6.61 Å². The molecule has 1 aromatic heterocycles. The number of aromatic nitrogens is 3. The van der Waals surface area contributed by atoms with Crippen molar-refractivity contribution in [1.82, 2.24) is 25.4 Å². The van der Waals surface area contributed by atoms with Crippen molar-refractivity contribution in [3.8, 4) is 11.5 Å². The Balaban J connectivity index is 0.00000364. The summed E-state index contributed by atoms with van der Waals surface area (Å²) in [6.07, 6.45) is 1.65. The van der Waals surface area contributed by atoms with E-state index in [1.807, 2.05) is 11.5 Å². The maximum Gasteiger partial charge on any atom is 0.387 e. The first-order valence-corrected chi connectivity index (χ1v) is 8.00. The zero-order valence-electron chi connectivity index (χ0n) is 15.3. The van der Waals surface area contributed by atoms with Gasteiger partial charge in [0.25, 0.3) is 0 Å². The second kappa shape index (κ2) is 11.5. The van der Waals surface area contributed by atoms with E-state index in [4.69, 9.17) is 4.74 Å². The Bertz CT molecular complexity index is 741. The average molecular weight is 496 g/mol. The van der Waals surface area contributed by atoms with E-state index in [0.29, 0.717) is 23.8 Å². The lowest BCUT2D eigenvalue weighted by molar-refractivity contribution is -0.0504.